The average Bonchev–Trinajstić information content (AvgIpc) is 2.99. The quantitative estimate of drug-likeness (QED) is 0.531. The first-order chi connectivity index (χ1) is 10.3. The summed E-state index contributed by atoms with van der Waals surface area (Å²) in [6.45, 7) is 10.5. The Hall–Kier alpha value is -1.06. The lowest BCUT2D eigenvalue weighted by atomic mass is 10.0. The number of hydrogen-bond donors (Lipinski definition) is 2. The van der Waals surface area contributed by atoms with Crippen molar-refractivity contribution in [2.24, 2.45) is 0 Å². The molecule has 2 aliphatic heterocycles. The molecule has 3 heteroatoms. The molecule has 1 fully saturated rings. The van der Waals surface area contributed by atoms with E-state index in [1.165, 1.54) is 36.1 Å². The molecule has 118 valence electrons. The van der Waals surface area contributed by atoms with Crippen LogP contribution < -0.4 is 10.6 Å². The van der Waals surface area contributed by atoms with E-state index in [1.54, 1.807) is 0 Å². The van der Waals surface area contributed by atoms with Crippen LogP contribution in [0.25, 0.3) is 0 Å². The molecule has 0 bridgehead atoms. The predicted molar refractivity (Wildman–Crippen MR) is 89.3 cm³/mol. The van der Waals surface area contributed by atoms with Gasteiger partial charge in [-0.3, -0.25) is 0 Å². The van der Waals surface area contributed by atoms with Gasteiger partial charge in [0.1, 0.15) is 0 Å². The van der Waals surface area contributed by atoms with Crippen LogP contribution in [-0.4, -0.2) is 32.3 Å². The van der Waals surface area contributed by atoms with Gasteiger partial charge < -0.3 is 15.4 Å². The lowest BCUT2D eigenvalue weighted by Crippen LogP contribution is -2.19. The third-order valence-electron chi connectivity index (χ3n) is 4.28. The van der Waals surface area contributed by atoms with Gasteiger partial charge in [0.05, 0.1) is 6.10 Å². The Morgan fingerprint density at radius 2 is 2.29 bits per heavy atom. The molecule has 1 atom stereocenters. The number of ether oxygens (including phenoxy) is 1. The number of unbranched alkanes of at least 4 members (excludes halogenated alkanes) is 1. The molecule has 0 aliphatic carbocycles. The molecule has 0 aromatic rings. The van der Waals surface area contributed by atoms with Crippen molar-refractivity contribution in [3.05, 3.63) is 35.6 Å². The zero-order chi connectivity index (χ0) is 14.9. The summed E-state index contributed by atoms with van der Waals surface area (Å²) >= 11 is 0. The van der Waals surface area contributed by atoms with Crippen molar-refractivity contribution < 1.29 is 4.74 Å². The molecule has 0 saturated carbocycles. The van der Waals surface area contributed by atoms with E-state index >= 15 is 0 Å². The molecule has 0 aromatic heterocycles. The summed E-state index contributed by atoms with van der Waals surface area (Å²) in [7, 11) is 0. The lowest BCUT2D eigenvalue weighted by Gasteiger charge is -2.17. The topological polar surface area (TPSA) is 33.3 Å². The van der Waals surface area contributed by atoms with Crippen molar-refractivity contribution in [1.29, 1.82) is 0 Å². The smallest absolute Gasteiger partial charge is 0.0711 e. The normalized spacial score (nSPS) is 22.8. The molecule has 2 aliphatic rings. The maximum atomic E-state index is 5.83. The summed E-state index contributed by atoms with van der Waals surface area (Å²) in [5.74, 6) is 0. The highest BCUT2D eigenvalue weighted by Gasteiger charge is 2.13. The summed E-state index contributed by atoms with van der Waals surface area (Å²) in [6, 6.07) is 0. The van der Waals surface area contributed by atoms with Crippen LogP contribution in [0.1, 0.15) is 45.4 Å². The molecule has 2 heterocycles. The highest BCUT2D eigenvalue weighted by atomic mass is 16.5. The van der Waals surface area contributed by atoms with Crippen LogP contribution in [0, 0.1) is 0 Å². The van der Waals surface area contributed by atoms with Gasteiger partial charge in [0.25, 0.3) is 0 Å². The molecular weight excluding hydrogens is 260 g/mol. The number of hydrogen-bond acceptors (Lipinski definition) is 3. The van der Waals surface area contributed by atoms with E-state index in [2.05, 4.69) is 36.3 Å². The lowest BCUT2D eigenvalue weighted by molar-refractivity contribution is 0.0645. The number of nitrogens with one attached hydrogen (secondary N) is 2. The van der Waals surface area contributed by atoms with Crippen LogP contribution in [-0.2, 0) is 4.74 Å². The molecule has 0 spiro atoms. The summed E-state index contributed by atoms with van der Waals surface area (Å²) in [4.78, 5) is 0. The minimum Gasteiger partial charge on any atom is -0.388 e. The maximum absolute atomic E-state index is 5.83. The Morgan fingerprint density at radius 1 is 1.38 bits per heavy atom. The van der Waals surface area contributed by atoms with Crippen LogP contribution in [0.3, 0.4) is 0 Å². The molecule has 0 radical (unpaired) electrons. The molecule has 0 amide bonds. The van der Waals surface area contributed by atoms with Crippen molar-refractivity contribution in [2.75, 3.05) is 26.2 Å². The van der Waals surface area contributed by atoms with E-state index in [1.807, 2.05) is 0 Å². The molecule has 0 aromatic carbocycles. The van der Waals surface area contributed by atoms with Crippen LogP contribution in [0.4, 0.5) is 0 Å². The second kappa shape index (κ2) is 9.06. The van der Waals surface area contributed by atoms with Crippen LogP contribution >= 0.6 is 0 Å². The third kappa shape index (κ3) is 6.06. The van der Waals surface area contributed by atoms with Gasteiger partial charge in [0, 0.05) is 25.4 Å². The van der Waals surface area contributed by atoms with E-state index < -0.39 is 0 Å². The van der Waals surface area contributed by atoms with Crippen molar-refractivity contribution >= 4 is 0 Å². The van der Waals surface area contributed by atoms with Crippen molar-refractivity contribution in [3.63, 3.8) is 0 Å². The Bertz CT molecular complexity index is 392. The average molecular weight is 290 g/mol. The van der Waals surface area contributed by atoms with E-state index in [0.29, 0.717) is 6.10 Å². The van der Waals surface area contributed by atoms with Gasteiger partial charge in [-0.15, -0.1) is 0 Å². The van der Waals surface area contributed by atoms with Gasteiger partial charge in [-0.1, -0.05) is 24.3 Å². The summed E-state index contributed by atoms with van der Waals surface area (Å²) in [6.07, 6.45) is 11.8. The second-order valence-corrected chi connectivity index (χ2v) is 6.11. The minimum atomic E-state index is 0.446. The monoisotopic (exact) mass is 290 g/mol. The van der Waals surface area contributed by atoms with Gasteiger partial charge in [-0.05, 0) is 57.6 Å². The van der Waals surface area contributed by atoms with Crippen LogP contribution in [0.5, 0.6) is 0 Å². The molecule has 3 nitrogen and oxygen atoms in total. The van der Waals surface area contributed by atoms with E-state index in [0.717, 1.165) is 45.5 Å². The van der Waals surface area contributed by atoms with Gasteiger partial charge >= 0.3 is 0 Å². The van der Waals surface area contributed by atoms with E-state index in [-0.39, 0.29) is 0 Å². The standard InChI is InChI=1S/C18H30N2O/c1-15(8-9-17-7-5-11-20-16(17)2)6-3-4-13-21-18-10-12-19-14-18/h8-9,18-20H,1,3-7,10-14H2,2H3/b9-8-. The first-order valence-electron chi connectivity index (χ1n) is 8.37. The molecule has 1 saturated heterocycles. The van der Waals surface area contributed by atoms with Crippen molar-refractivity contribution in [2.45, 2.75) is 51.6 Å². The zero-order valence-electron chi connectivity index (χ0n) is 13.4. The van der Waals surface area contributed by atoms with Crippen molar-refractivity contribution in [1.82, 2.24) is 10.6 Å². The highest BCUT2D eigenvalue weighted by molar-refractivity contribution is 5.30. The summed E-state index contributed by atoms with van der Waals surface area (Å²) in [5.41, 5.74) is 3.98. The Morgan fingerprint density at radius 3 is 3.05 bits per heavy atom. The van der Waals surface area contributed by atoms with Crippen LogP contribution in [0.2, 0.25) is 0 Å². The number of allylic oxidation sites excluding steroid dienone is 5. The highest BCUT2D eigenvalue weighted by Crippen LogP contribution is 2.17. The Labute approximate surface area is 129 Å². The number of rotatable bonds is 8. The van der Waals surface area contributed by atoms with Crippen LogP contribution in [0.15, 0.2) is 35.6 Å². The fraction of sp³-hybridized carbons (Fsp3) is 0.667. The largest absolute Gasteiger partial charge is 0.388 e. The Kier molecular flexibility index (Phi) is 7.04. The SMILES string of the molecule is C=C(/C=C\C1=C(C)NCCC1)CCCCOC1CCNC1. The first kappa shape index (κ1) is 16.3. The Balaban J connectivity index is 1.56. The summed E-state index contributed by atoms with van der Waals surface area (Å²) in [5, 5.41) is 6.74. The molecule has 2 rings (SSSR count). The third-order valence-corrected chi connectivity index (χ3v) is 4.28. The van der Waals surface area contributed by atoms with Gasteiger partial charge in [0.15, 0.2) is 0 Å². The minimum absolute atomic E-state index is 0.446. The first-order valence-corrected chi connectivity index (χ1v) is 8.37. The van der Waals surface area contributed by atoms with E-state index in [4.69, 9.17) is 4.74 Å². The predicted octanol–water partition coefficient (Wildman–Crippen LogP) is 3.31. The van der Waals surface area contributed by atoms with Gasteiger partial charge in [0.2, 0.25) is 0 Å². The van der Waals surface area contributed by atoms with Gasteiger partial charge in [-0.25, -0.2) is 0 Å². The van der Waals surface area contributed by atoms with Crippen molar-refractivity contribution in [3.8, 4) is 0 Å². The summed E-state index contributed by atoms with van der Waals surface area (Å²) < 4.78 is 5.83. The molecular formula is C18H30N2O. The molecule has 2 N–H and O–H groups in total. The zero-order valence-corrected chi connectivity index (χ0v) is 13.4. The van der Waals surface area contributed by atoms with Gasteiger partial charge in [-0.2, -0.15) is 0 Å². The molecule has 21 heavy (non-hydrogen) atoms. The fourth-order valence-electron chi connectivity index (χ4n) is 2.84. The maximum Gasteiger partial charge on any atom is 0.0711 e. The second-order valence-electron chi connectivity index (χ2n) is 6.11. The fourth-order valence-corrected chi connectivity index (χ4v) is 2.84. The molecule has 1 unspecified atom stereocenters. The van der Waals surface area contributed by atoms with E-state index in [9.17, 15) is 0 Å².